The van der Waals surface area contributed by atoms with Gasteiger partial charge >= 0.3 is 0 Å². The number of nitrogens with zero attached hydrogens (tertiary/aromatic N) is 2. The van der Waals surface area contributed by atoms with Crippen molar-refractivity contribution in [3.05, 3.63) is 71.8 Å². The normalized spacial score (nSPS) is 15.7. The van der Waals surface area contributed by atoms with Crippen LogP contribution in [0.2, 0.25) is 0 Å². The van der Waals surface area contributed by atoms with Crippen LogP contribution in [0.3, 0.4) is 0 Å². The lowest BCUT2D eigenvalue weighted by atomic mass is 10.0. The van der Waals surface area contributed by atoms with Gasteiger partial charge in [-0.25, -0.2) is 12.8 Å². The topological polar surface area (TPSA) is 85.8 Å². The Bertz CT molecular complexity index is 1350. The number of benzene rings is 2. The number of amides is 1. The molecule has 2 heterocycles. The van der Waals surface area contributed by atoms with Crippen LogP contribution in [0.15, 0.2) is 59.8 Å². The van der Waals surface area contributed by atoms with E-state index in [1.807, 2.05) is 0 Å². The number of halogens is 1. The van der Waals surface area contributed by atoms with Crippen LogP contribution in [0, 0.1) is 18.7 Å². The van der Waals surface area contributed by atoms with E-state index >= 15 is 0 Å². The second kappa shape index (κ2) is 10.1. The molecule has 1 atom stereocenters. The van der Waals surface area contributed by atoms with Gasteiger partial charge in [0.1, 0.15) is 11.6 Å². The number of hydrogen-bond acceptors (Lipinski definition) is 6. The second-order valence-corrected chi connectivity index (χ2v) is 10.7. The number of ether oxygens (including phenoxy) is 2. The molecule has 0 N–H and O–H groups in total. The summed E-state index contributed by atoms with van der Waals surface area (Å²) in [4.78, 5) is 19.9. The number of aryl methyl sites for hydroxylation is 1. The fourth-order valence-electron chi connectivity index (χ4n) is 4.23. The van der Waals surface area contributed by atoms with Gasteiger partial charge in [0, 0.05) is 54.3 Å². The molecular weight excluding hydrogens is 471 g/mol. The van der Waals surface area contributed by atoms with Gasteiger partial charge in [-0.1, -0.05) is 0 Å². The number of anilines is 1. The molecule has 1 aliphatic rings. The molecule has 4 rings (SSSR count). The number of pyridine rings is 1. The van der Waals surface area contributed by atoms with Crippen molar-refractivity contribution in [3.8, 4) is 16.9 Å². The quantitative estimate of drug-likeness (QED) is 0.483. The maximum absolute atomic E-state index is 13.9. The first-order valence-corrected chi connectivity index (χ1v) is 13.1. The van der Waals surface area contributed by atoms with E-state index in [2.05, 4.69) is 4.98 Å². The van der Waals surface area contributed by atoms with E-state index in [-0.39, 0.29) is 22.3 Å². The molecule has 0 spiro atoms. The monoisotopic (exact) mass is 498 g/mol. The van der Waals surface area contributed by atoms with Crippen molar-refractivity contribution in [3.63, 3.8) is 0 Å². The van der Waals surface area contributed by atoms with Crippen molar-refractivity contribution < 1.29 is 27.1 Å². The van der Waals surface area contributed by atoms with Gasteiger partial charge < -0.3 is 14.4 Å². The van der Waals surface area contributed by atoms with E-state index < -0.39 is 15.7 Å². The smallest absolute Gasteiger partial charge is 0.258 e. The minimum absolute atomic E-state index is 0.0802. The summed E-state index contributed by atoms with van der Waals surface area (Å²) in [6.45, 7) is 3.23. The third-order valence-electron chi connectivity index (χ3n) is 5.98. The number of methoxy groups -OCH3 is 1. The third-order valence-corrected chi connectivity index (χ3v) is 7.07. The van der Waals surface area contributed by atoms with Crippen LogP contribution in [0.25, 0.3) is 11.1 Å². The van der Waals surface area contributed by atoms with Crippen molar-refractivity contribution in [2.75, 3.05) is 38.0 Å². The Hall–Kier alpha value is -3.30. The van der Waals surface area contributed by atoms with Crippen molar-refractivity contribution in [1.29, 1.82) is 0 Å². The minimum Gasteiger partial charge on any atom is -0.496 e. The number of sulfone groups is 1. The molecule has 3 aromatic rings. The maximum Gasteiger partial charge on any atom is 0.258 e. The SMILES string of the molecule is COc1cc(F)ccc1-c1ccncc1N(CC1CCOC1)C(=O)c1cc(C)cc(S(C)(=O)=O)c1. The van der Waals surface area contributed by atoms with Crippen molar-refractivity contribution in [2.45, 2.75) is 18.2 Å². The van der Waals surface area contributed by atoms with Gasteiger partial charge in [0.2, 0.25) is 0 Å². The molecular formula is C26H27FN2O5S. The van der Waals surface area contributed by atoms with E-state index in [4.69, 9.17) is 9.47 Å². The molecule has 1 fully saturated rings. The van der Waals surface area contributed by atoms with Gasteiger partial charge in [0.05, 0.1) is 30.5 Å². The van der Waals surface area contributed by atoms with Crippen molar-refractivity contribution in [2.24, 2.45) is 5.92 Å². The molecule has 184 valence electrons. The van der Waals surface area contributed by atoms with Gasteiger partial charge in [-0.05, 0) is 55.3 Å². The van der Waals surface area contributed by atoms with E-state index in [0.29, 0.717) is 47.9 Å². The Morgan fingerprint density at radius 2 is 2.00 bits per heavy atom. The van der Waals surface area contributed by atoms with Gasteiger partial charge in [-0.15, -0.1) is 0 Å². The average Bonchev–Trinajstić information content (AvgIpc) is 3.34. The summed E-state index contributed by atoms with van der Waals surface area (Å²) in [6.07, 6.45) is 5.09. The lowest BCUT2D eigenvalue weighted by Crippen LogP contribution is -2.36. The first-order valence-electron chi connectivity index (χ1n) is 11.2. The van der Waals surface area contributed by atoms with Gasteiger partial charge in [-0.2, -0.15) is 0 Å². The van der Waals surface area contributed by atoms with Crippen LogP contribution in [-0.4, -0.2) is 52.4 Å². The van der Waals surface area contributed by atoms with Crippen LogP contribution >= 0.6 is 0 Å². The highest BCUT2D eigenvalue weighted by molar-refractivity contribution is 7.90. The molecule has 1 aliphatic heterocycles. The van der Waals surface area contributed by atoms with Crippen LogP contribution in [-0.2, 0) is 14.6 Å². The van der Waals surface area contributed by atoms with Crippen LogP contribution in [0.1, 0.15) is 22.3 Å². The zero-order chi connectivity index (χ0) is 25.2. The van der Waals surface area contributed by atoms with E-state index in [1.54, 1.807) is 48.5 Å². The average molecular weight is 499 g/mol. The number of carbonyl (C=O) groups is 1. The first kappa shape index (κ1) is 24.8. The Morgan fingerprint density at radius 3 is 2.69 bits per heavy atom. The lowest BCUT2D eigenvalue weighted by molar-refractivity contribution is 0.0981. The fourth-order valence-corrected chi connectivity index (χ4v) is 4.98. The number of aromatic nitrogens is 1. The molecule has 0 bridgehead atoms. The maximum atomic E-state index is 13.9. The van der Waals surface area contributed by atoms with Gasteiger partial charge in [-0.3, -0.25) is 9.78 Å². The minimum atomic E-state index is -3.51. The highest BCUT2D eigenvalue weighted by Gasteiger charge is 2.28. The molecule has 2 aromatic carbocycles. The van der Waals surface area contributed by atoms with Crippen LogP contribution in [0.4, 0.5) is 10.1 Å². The lowest BCUT2D eigenvalue weighted by Gasteiger charge is -2.28. The zero-order valence-corrected chi connectivity index (χ0v) is 20.6. The highest BCUT2D eigenvalue weighted by Crippen LogP contribution is 2.38. The number of carbonyl (C=O) groups excluding carboxylic acids is 1. The largest absolute Gasteiger partial charge is 0.496 e. The standard InChI is InChI=1S/C26H27FN2O5S/c1-17-10-19(12-21(11-17)35(3,31)32)26(30)29(15-18-7-9-34-16-18)24-14-28-8-6-22(24)23-5-4-20(27)13-25(23)33-2/h4-6,8,10-14,18H,7,9,15-16H2,1-3H3. The molecule has 1 aromatic heterocycles. The predicted molar refractivity (Wildman–Crippen MR) is 131 cm³/mol. The van der Waals surface area contributed by atoms with Gasteiger partial charge in [0.15, 0.2) is 9.84 Å². The van der Waals surface area contributed by atoms with E-state index in [0.717, 1.165) is 12.7 Å². The summed E-state index contributed by atoms with van der Waals surface area (Å²) in [6, 6.07) is 10.6. The number of rotatable bonds is 7. The molecule has 35 heavy (non-hydrogen) atoms. The summed E-state index contributed by atoms with van der Waals surface area (Å²) >= 11 is 0. The summed E-state index contributed by atoms with van der Waals surface area (Å²) in [5.74, 6) is -0.378. The molecule has 1 unspecified atom stereocenters. The van der Waals surface area contributed by atoms with Gasteiger partial charge in [0.25, 0.3) is 5.91 Å². The van der Waals surface area contributed by atoms with E-state index in [9.17, 15) is 17.6 Å². The Kier molecular flexibility index (Phi) is 7.18. The molecule has 0 saturated carbocycles. The Labute approximate surface area is 204 Å². The summed E-state index contributed by atoms with van der Waals surface area (Å²) in [7, 11) is -2.06. The first-order chi connectivity index (χ1) is 16.7. The summed E-state index contributed by atoms with van der Waals surface area (Å²) in [5, 5.41) is 0. The molecule has 0 radical (unpaired) electrons. The molecule has 1 amide bonds. The fraction of sp³-hybridized carbons (Fsp3) is 0.308. The van der Waals surface area contributed by atoms with Crippen LogP contribution < -0.4 is 9.64 Å². The molecule has 1 saturated heterocycles. The van der Waals surface area contributed by atoms with Crippen molar-refractivity contribution in [1.82, 2.24) is 4.98 Å². The summed E-state index contributed by atoms with van der Waals surface area (Å²) in [5.41, 5.74) is 2.67. The Morgan fingerprint density at radius 1 is 1.20 bits per heavy atom. The van der Waals surface area contributed by atoms with Crippen molar-refractivity contribution >= 4 is 21.4 Å². The van der Waals surface area contributed by atoms with Crippen LogP contribution in [0.5, 0.6) is 5.75 Å². The summed E-state index contributed by atoms with van der Waals surface area (Å²) < 4.78 is 49.3. The highest BCUT2D eigenvalue weighted by atomic mass is 32.2. The number of hydrogen-bond donors (Lipinski definition) is 0. The molecule has 7 nitrogen and oxygen atoms in total. The second-order valence-electron chi connectivity index (χ2n) is 8.69. The molecule has 9 heteroatoms. The third kappa shape index (κ3) is 5.52. The van der Waals surface area contributed by atoms with E-state index in [1.165, 1.54) is 25.3 Å². The Balaban J connectivity index is 1.85. The zero-order valence-electron chi connectivity index (χ0n) is 19.8. The predicted octanol–water partition coefficient (Wildman–Crippen LogP) is 4.29. The molecule has 0 aliphatic carbocycles.